The summed E-state index contributed by atoms with van der Waals surface area (Å²) < 4.78 is 0. The van der Waals surface area contributed by atoms with Gasteiger partial charge in [-0.15, -0.1) is 22.0 Å². The van der Waals surface area contributed by atoms with Crippen molar-refractivity contribution in [2.75, 3.05) is 31.1 Å². The Morgan fingerprint density at radius 1 is 0.938 bits per heavy atom. The van der Waals surface area contributed by atoms with Crippen LogP contribution >= 0.6 is 11.8 Å². The Balaban J connectivity index is 1.31. The van der Waals surface area contributed by atoms with Crippen molar-refractivity contribution in [3.05, 3.63) is 71.8 Å². The van der Waals surface area contributed by atoms with E-state index in [4.69, 9.17) is 0 Å². The van der Waals surface area contributed by atoms with Gasteiger partial charge < -0.3 is 9.80 Å². The Morgan fingerprint density at radius 2 is 1.66 bits per heavy atom. The Bertz CT molecular complexity index is 1040. The van der Waals surface area contributed by atoms with E-state index in [0.29, 0.717) is 24.8 Å². The number of piperazine rings is 1. The zero-order valence-electron chi connectivity index (χ0n) is 19.0. The van der Waals surface area contributed by atoms with E-state index < -0.39 is 0 Å². The van der Waals surface area contributed by atoms with Gasteiger partial charge >= 0.3 is 0 Å². The molecule has 4 rings (SSSR count). The number of hydrogen-bond donors (Lipinski definition) is 0. The van der Waals surface area contributed by atoms with Crippen molar-refractivity contribution in [3.63, 3.8) is 0 Å². The lowest BCUT2D eigenvalue weighted by Gasteiger charge is -2.35. The summed E-state index contributed by atoms with van der Waals surface area (Å²) in [7, 11) is 0. The van der Waals surface area contributed by atoms with Crippen molar-refractivity contribution < 1.29 is 4.79 Å². The number of carbonyl (C=O) groups excluding carboxylic acids is 1. The largest absolute Gasteiger partial charge is 0.352 e. The second-order valence-corrected chi connectivity index (χ2v) is 10.1. The third kappa shape index (κ3) is 5.49. The molecule has 6 heteroatoms. The number of aromatic nitrogens is 2. The van der Waals surface area contributed by atoms with Gasteiger partial charge in [-0.25, -0.2) is 0 Å². The van der Waals surface area contributed by atoms with Crippen LogP contribution in [-0.4, -0.2) is 52.4 Å². The van der Waals surface area contributed by atoms with Gasteiger partial charge in [0.05, 0.1) is 12.1 Å². The number of nitrogens with zero attached hydrogens (tertiary/aromatic N) is 4. The second-order valence-electron chi connectivity index (χ2n) is 8.45. The van der Waals surface area contributed by atoms with E-state index in [9.17, 15) is 4.79 Å². The number of amides is 1. The van der Waals surface area contributed by atoms with E-state index in [-0.39, 0.29) is 5.91 Å². The summed E-state index contributed by atoms with van der Waals surface area (Å²) in [5.74, 6) is 1.06. The average molecular weight is 447 g/mol. The van der Waals surface area contributed by atoms with Crippen LogP contribution in [0.1, 0.15) is 25.0 Å². The standard InChI is InChI=1S/C26H30N4OS/c1-19(2)32-22-10-8-21(9-11-22)18-26(31)30-16-14-29(15-17-30)25-13-12-24(27-28-25)23-7-5-4-6-20(23)3/h4-13,19H,14-18H2,1-3H3. The van der Waals surface area contributed by atoms with Crippen molar-refractivity contribution >= 4 is 23.5 Å². The maximum atomic E-state index is 12.8. The number of thioether (sulfide) groups is 1. The molecule has 5 nitrogen and oxygen atoms in total. The van der Waals surface area contributed by atoms with E-state index >= 15 is 0 Å². The van der Waals surface area contributed by atoms with E-state index in [1.54, 1.807) is 0 Å². The van der Waals surface area contributed by atoms with Crippen LogP contribution in [0.5, 0.6) is 0 Å². The fraction of sp³-hybridized carbons (Fsp3) is 0.346. The minimum Gasteiger partial charge on any atom is -0.352 e. The molecule has 0 saturated carbocycles. The molecule has 0 radical (unpaired) electrons. The topological polar surface area (TPSA) is 49.3 Å². The Morgan fingerprint density at radius 3 is 2.28 bits per heavy atom. The van der Waals surface area contributed by atoms with Gasteiger partial charge in [0.25, 0.3) is 0 Å². The number of rotatable bonds is 6. The summed E-state index contributed by atoms with van der Waals surface area (Å²) in [5.41, 5.74) is 4.26. The second kappa shape index (κ2) is 10.2. The lowest BCUT2D eigenvalue weighted by molar-refractivity contribution is -0.130. The molecule has 166 valence electrons. The zero-order chi connectivity index (χ0) is 22.5. The van der Waals surface area contributed by atoms with Crippen LogP contribution < -0.4 is 4.90 Å². The molecule has 0 atom stereocenters. The van der Waals surface area contributed by atoms with Gasteiger partial charge in [-0.3, -0.25) is 4.79 Å². The number of anilines is 1. The molecule has 2 aromatic carbocycles. The summed E-state index contributed by atoms with van der Waals surface area (Å²) >= 11 is 1.84. The molecule has 0 bridgehead atoms. The SMILES string of the molecule is Cc1ccccc1-c1ccc(N2CCN(C(=O)Cc3ccc(SC(C)C)cc3)CC2)nn1. The molecular formula is C26H30N4OS. The van der Waals surface area contributed by atoms with Crippen LogP contribution in [0.4, 0.5) is 5.82 Å². The number of benzene rings is 2. The normalized spacial score (nSPS) is 14.1. The van der Waals surface area contributed by atoms with E-state index in [2.05, 4.69) is 72.3 Å². The maximum absolute atomic E-state index is 12.8. The monoisotopic (exact) mass is 446 g/mol. The van der Waals surface area contributed by atoms with Crippen molar-refractivity contribution in [1.82, 2.24) is 15.1 Å². The molecule has 32 heavy (non-hydrogen) atoms. The molecule has 0 unspecified atom stereocenters. The van der Waals surface area contributed by atoms with Gasteiger partial charge in [-0.05, 0) is 42.3 Å². The van der Waals surface area contributed by atoms with Crippen molar-refractivity contribution in [2.45, 2.75) is 37.3 Å². The molecule has 1 aliphatic rings. The van der Waals surface area contributed by atoms with Crippen molar-refractivity contribution in [3.8, 4) is 11.3 Å². The lowest BCUT2D eigenvalue weighted by Crippen LogP contribution is -2.49. The fourth-order valence-electron chi connectivity index (χ4n) is 3.93. The van der Waals surface area contributed by atoms with Gasteiger partial charge in [0, 0.05) is 41.9 Å². The van der Waals surface area contributed by atoms with Crippen LogP contribution in [0.25, 0.3) is 11.3 Å². The predicted molar refractivity (Wildman–Crippen MR) is 132 cm³/mol. The number of hydrogen-bond acceptors (Lipinski definition) is 5. The van der Waals surface area contributed by atoms with E-state index in [0.717, 1.165) is 35.7 Å². The third-order valence-electron chi connectivity index (χ3n) is 5.68. The molecule has 3 aromatic rings. The van der Waals surface area contributed by atoms with Gasteiger partial charge in [0.2, 0.25) is 5.91 Å². The molecule has 2 heterocycles. The van der Waals surface area contributed by atoms with Gasteiger partial charge in [-0.2, -0.15) is 0 Å². The first-order valence-corrected chi connectivity index (χ1v) is 12.1. The molecule has 1 fully saturated rings. The van der Waals surface area contributed by atoms with Crippen LogP contribution in [0.2, 0.25) is 0 Å². The first kappa shape index (κ1) is 22.3. The summed E-state index contributed by atoms with van der Waals surface area (Å²) in [6.45, 7) is 9.42. The zero-order valence-corrected chi connectivity index (χ0v) is 19.8. The van der Waals surface area contributed by atoms with Crippen LogP contribution in [0.3, 0.4) is 0 Å². The number of aryl methyl sites for hydroxylation is 1. The van der Waals surface area contributed by atoms with Crippen LogP contribution in [0.15, 0.2) is 65.6 Å². The highest BCUT2D eigenvalue weighted by Crippen LogP contribution is 2.24. The van der Waals surface area contributed by atoms with Crippen molar-refractivity contribution in [2.24, 2.45) is 0 Å². The van der Waals surface area contributed by atoms with E-state index in [1.807, 2.05) is 40.9 Å². The molecule has 1 amide bonds. The molecule has 1 saturated heterocycles. The Kier molecular flexibility index (Phi) is 7.10. The van der Waals surface area contributed by atoms with Crippen LogP contribution in [0, 0.1) is 6.92 Å². The smallest absolute Gasteiger partial charge is 0.227 e. The highest BCUT2D eigenvalue weighted by atomic mass is 32.2. The first-order chi connectivity index (χ1) is 15.5. The molecule has 1 aromatic heterocycles. The Hall–Kier alpha value is -2.86. The summed E-state index contributed by atoms with van der Waals surface area (Å²) in [6, 6.07) is 20.6. The molecule has 0 N–H and O–H groups in total. The first-order valence-electron chi connectivity index (χ1n) is 11.2. The summed E-state index contributed by atoms with van der Waals surface area (Å²) in [6.07, 6.45) is 0.456. The summed E-state index contributed by atoms with van der Waals surface area (Å²) in [5, 5.41) is 9.46. The number of carbonyl (C=O) groups is 1. The highest BCUT2D eigenvalue weighted by molar-refractivity contribution is 7.99. The molecule has 1 aliphatic heterocycles. The fourth-order valence-corrected chi connectivity index (χ4v) is 4.76. The molecule has 0 aliphatic carbocycles. The van der Waals surface area contributed by atoms with Gasteiger partial charge in [0.1, 0.15) is 0 Å². The molecular weight excluding hydrogens is 416 g/mol. The maximum Gasteiger partial charge on any atom is 0.227 e. The van der Waals surface area contributed by atoms with Gasteiger partial charge in [-0.1, -0.05) is 50.2 Å². The lowest BCUT2D eigenvalue weighted by atomic mass is 10.1. The highest BCUT2D eigenvalue weighted by Gasteiger charge is 2.22. The quantitative estimate of drug-likeness (QED) is 0.507. The predicted octanol–water partition coefficient (Wildman–Crippen LogP) is 4.84. The van der Waals surface area contributed by atoms with E-state index in [1.165, 1.54) is 10.5 Å². The van der Waals surface area contributed by atoms with Crippen LogP contribution in [-0.2, 0) is 11.2 Å². The average Bonchev–Trinajstić information content (AvgIpc) is 2.81. The Labute approximate surface area is 194 Å². The molecule has 0 spiro atoms. The minimum atomic E-state index is 0.190. The third-order valence-corrected chi connectivity index (χ3v) is 6.69. The summed E-state index contributed by atoms with van der Waals surface area (Å²) in [4.78, 5) is 18.2. The van der Waals surface area contributed by atoms with Gasteiger partial charge in [0.15, 0.2) is 5.82 Å². The van der Waals surface area contributed by atoms with Crippen molar-refractivity contribution in [1.29, 1.82) is 0 Å². The minimum absolute atomic E-state index is 0.190.